The van der Waals surface area contributed by atoms with Crippen LogP contribution in [-0.4, -0.2) is 18.1 Å². The molecule has 3 nitrogen and oxygen atoms in total. The van der Waals surface area contributed by atoms with Gasteiger partial charge in [-0.15, -0.1) is 0 Å². The van der Waals surface area contributed by atoms with Crippen molar-refractivity contribution in [1.82, 2.24) is 4.90 Å². The molecule has 0 saturated heterocycles. The van der Waals surface area contributed by atoms with Crippen molar-refractivity contribution in [2.45, 2.75) is 13.5 Å². The lowest BCUT2D eigenvalue weighted by molar-refractivity contribution is 0.141. The summed E-state index contributed by atoms with van der Waals surface area (Å²) in [5, 5.41) is 0. The summed E-state index contributed by atoms with van der Waals surface area (Å²) in [6.07, 6.45) is -0.470. The van der Waals surface area contributed by atoms with Crippen molar-refractivity contribution in [1.29, 1.82) is 0 Å². The van der Waals surface area contributed by atoms with Crippen LogP contribution in [0.4, 0.5) is 4.79 Å². The molecule has 0 N–H and O–H groups in total. The van der Waals surface area contributed by atoms with E-state index in [0.717, 1.165) is 5.56 Å². The number of hydrogen-bond acceptors (Lipinski definition) is 2. The molecular weight excluding hydrogens is 214 g/mol. The maximum Gasteiger partial charge on any atom is 0.421 e. The van der Waals surface area contributed by atoms with Gasteiger partial charge in [-0.25, -0.2) is 9.69 Å². The van der Waals surface area contributed by atoms with Gasteiger partial charge in [-0.2, -0.15) is 0 Å². The van der Waals surface area contributed by atoms with Crippen molar-refractivity contribution < 1.29 is 9.53 Å². The summed E-state index contributed by atoms with van der Waals surface area (Å²) in [5.74, 6) is 2.76. The lowest BCUT2D eigenvalue weighted by atomic mass is 10.2. The van der Waals surface area contributed by atoms with Gasteiger partial charge < -0.3 is 4.74 Å². The highest BCUT2D eigenvalue weighted by atomic mass is 16.5. The molecule has 0 heterocycles. The number of amides is 1. The molecule has 0 fully saturated rings. The fourth-order valence-corrected chi connectivity index (χ4v) is 1.19. The first-order chi connectivity index (χ1) is 8.13. The number of carbonyl (C=O) groups is 1. The van der Waals surface area contributed by atoms with Gasteiger partial charge in [0.15, 0.2) is 0 Å². The quantitative estimate of drug-likeness (QED) is 0.576. The second kappa shape index (κ2) is 6.39. The van der Waals surface area contributed by atoms with Crippen LogP contribution in [0, 0.1) is 12.0 Å². The number of carbonyl (C=O) groups excluding carboxylic acids is 1. The second-order valence-electron chi connectivity index (χ2n) is 3.56. The zero-order chi connectivity index (χ0) is 12.7. The largest absolute Gasteiger partial charge is 0.452 e. The number of methoxy groups -OCH3 is 1. The molecule has 0 aliphatic heterocycles. The highest BCUT2D eigenvalue weighted by molar-refractivity contribution is 5.70. The first-order valence-corrected chi connectivity index (χ1v) is 5.20. The molecule has 0 aliphatic rings. The molecule has 0 bridgehead atoms. The van der Waals surface area contributed by atoms with Crippen molar-refractivity contribution >= 4 is 6.09 Å². The highest BCUT2D eigenvalue weighted by Crippen LogP contribution is 2.04. The third-order valence-electron chi connectivity index (χ3n) is 1.98. The summed E-state index contributed by atoms with van der Waals surface area (Å²) in [4.78, 5) is 12.8. The lowest BCUT2D eigenvalue weighted by Crippen LogP contribution is -2.25. The minimum Gasteiger partial charge on any atom is -0.452 e. The van der Waals surface area contributed by atoms with Crippen LogP contribution in [0.5, 0.6) is 0 Å². The third kappa shape index (κ3) is 4.43. The summed E-state index contributed by atoms with van der Waals surface area (Å²) >= 11 is 0. The third-order valence-corrected chi connectivity index (χ3v) is 1.98. The molecule has 1 amide bonds. The summed E-state index contributed by atoms with van der Waals surface area (Å²) < 4.78 is 4.67. The van der Waals surface area contributed by atoms with Crippen LogP contribution in [0.15, 0.2) is 42.5 Å². The molecule has 1 aromatic rings. The number of rotatable bonds is 2. The van der Waals surface area contributed by atoms with Crippen molar-refractivity contribution in [2.75, 3.05) is 7.11 Å². The van der Waals surface area contributed by atoms with E-state index in [4.69, 9.17) is 0 Å². The summed E-state index contributed by atoms with van der Waals surface area (Å²) in [6.45, 7) is 5.85. The Bertz CT molecular complexity index is 454. The van der Waals surface area contributed by atoms with Crippen LogP contribution < -0.4 is 0 Å². The summed E-state index contributed by atoms with van der Waals surface area (Å²) in [6, 6.07) is 12.3. The zero-order valence-corrected chi connectivity index (χ0v) is 10.1. The predicted octanol–water partition coefficient (Wildman–Crippen LogP) is 2.79. The number of allylic oxidation sites excluding steroid dienone is 1. The summed E-state index contributed by atoms with van der Waals surface area (Å²) in [7, 11) is 1.34. The van der Waals surface area contributed by atoms with Gasteiger partial charge in [0.05, 0.1) is 13.7 Å². The van der Waals surface area contributed by atoms with E-state index in [1.807, 2.05) is 30.3 Å². The Labute approximate surface area is 102 Å². The van der Waals surface area contributed by atoms with Crippen LogP contribution in [0.1, 0.15) is 12.5 Å². The van der Waals surface area contributed by atoms with Crippen molar-refractivity contribution in [3.05, 3.63) is 48.0 Å². The van der Waals surface area contributed by atoms with Gasteiger partial charge in [0.1, 0.15) is 0 Å². The fraction of sp³-hybridized carbons (Fsp3) is 0.214. The monoisotopic (exact) mass is 229 g/mol. The smallest absolute Gasteiger partial charge is 0.421 e. The Morgan fingerprint density at radius 1 is 1.41 bits per heavy atom. The minimum absolute atomic E-state index is 0.397. The SMILES string of the molecule is C=C(C)C#CN(Cc1ccccc1)C(=O)OC. The molecule has 1 rings (SSSR count). The number of nitrogens with zero attached hydrogens (tertiary/aromatic N) is 1. The van der Waals surface area contributed by atoms with E-state index in [9.17, 15) is 4.79 Å². The number of ether oxygens (including phenoxy) is 1. The average Bonchev–Trinajstić information content (AvgIpc) is 2.34. The molecule has 0 spiro atoms. The van der Waals surface area contributed by atoms with E-state index >= 15 is 0 Å². The van der Waals surface area contributed by atoms with Gasteiger partial charge in [-0.05, 0) is 24.0 Å². The van der Waals surface area contributed by atoms with Gasteiger partial charge in [-0.3, -0.25) is 0 Å². The van der Waals surface area contributed by atoms with Gasteiger partial charge >= 0.3 is 6.09 Å². The van der Waals surface area contributed by atoms with Gasteiger partial charge in [0.2, 0.25) is 0 Å². The number of hydrogen-bond donors (Lipinski definition) is 0. The molecule has 0 aromatic heterocycles. The fourth-order valence-electron chi connectivity index (χ4n) is 1.19. The van der Waals surface area contributed by atoms with Crippen molar-refractivity contribution in [3.63, 3.8) is 0 Å². The minimum atomic E-state index is -0.470. The summed E-state index contributed by atoms with van der Waals surface area (Å²) in [5.41, 5.74) is 1.70. The van der Waals surface area contributed by atoms with E-state index < -0.39 is 6.09 Å². The van der Waals surface area contributed by atoms with Crippen molar-refractivity contribution in [2.24, 2.45) is 0 Å². The van der Waals surface area contributed by atoms with Crippen LogP contribution in [0.3, 0.4) is 0 Å². The molecule has 0 unspecified atom stereocenters. The molecule has 1 aromatic carbocycles. The second-order valence-corrected chi connectivity index (χ2v) is 3.56. The Balaban J connectivity index is 2.82. The Morgan fingerprint density at radius 2 is 2.06 bits per heavy atom. The van der Waals surface area contributed by atoms with Gasteiger partial charge in [-0.1, -0.05) is 36.9 Å². The lowest BCUT2D eigenvalue weighted by Gasteiger charge is -2.13. The Hall–Kier alpha value is -2.21. The molecule has 88 valence electrons. The molecular formula is C14H15NO2. The van der Waals surface area contributed by atoms with Crippen molar-refractivity contribution in [3.8, 4) is 12.0 Å². The molecule has 3 heteroatoms. The van der Waals surface area contributed by atoms with Gasteiger partial charge in [0, 0.05) is 6.04 Å². The predicted molar refractivity (Wildman–Crippen MR) is 67.0 cm³/mol. The normalized spacial score (nSPS) is 8.82. The van der Waals surface area contributed by atoms with E-state index in [1.54, 1.807) is 6.92 Å². The van der Waals surface area contributed by atoms with E-state index in [-0.39, 0.29) is 0 Å². The molecule has 0 radical (unpaired) electrons. The Kier molecular flexibility index (Phi) is 4.83. The van der Waals surface area contributed by atoms with Gasteiger partial charge in [0.25, 0.3) is 0 Å². The Morgan fingerprint density at radius 3 is 2.59 bits per heavy atom. The maximum atomic E-state index is 11.5. The van der Waals surface area contributed by atoms with E-state index in [1.165, 1.54) is 12.0 Å². The first-order valence-electron chi connectivity index (χ1n) is 5.20. The molecule has 17 heavy (non-hydrogen) atoms. The topological polar surface area (TPSA) is 29.5 Å². The van der Waals surface area contributed by atoms with Crippen LogP contribution in [0.25, 0.3) is 0 Å². The molecule has 0 atom stereocenters. The number of benzene rings is 1. The standard InChI is InChI=1S/C14H15NO2/c1-12(2)9-10-15(14(16)17-3)11-13-7-5-4-6-8-13/h4-8H,1,11H2,2-3H3. The molecule has 0 aliphatic carbocycles. The average molecular weight is 229 g/mol. The molecule has 0 saturated carbocycles. The maximum absolute atomic E-state index is 11.5. The van der Waals surface area contributed by atoms with Crippen LogP contribution >= 0.6 is 0 Å². The highest BCUT2D eigenvalue weighted by Gasteiger charge is 2.11. The van der Waals surface area contributed by atoms with E-state index in [0.29, 0.717) is 12.1 Å². The van der Waals surface area contributed by atoms with E-state index in [2.05, 4.69) is 23.3 Å². The zero-order valence-electron chi connectivity index (χ0n) is 10.1. The van der Waals surface area contributed by atoms with Crippen LogP contribution in [-0.2, 0) is 11.3 Å². The first kappa shape index (κ1) is 12.9. The van der Waals surface area contributed by atoms with Crippen LogP contribution in [0.2, 0.25) is 0 Å².